The van der Waals surface area contributed by atoms with E-state index in [2.05, 4.69) is 43.3 Å². The molecular weight excluding hydrogens is 410 g/mol. The number of hydrogen-bond donors (Lipinski definition) is 2. The van der Waals surface area contributed by atoms with Crippen LogP contribution < -0.4 is 5.32 Å². The zero-order chi connectivity index (χ0) is 17.9. The maximum absolute atomic E-state index is 12.4. The lowest BCUT2D eigenvalue weighted by Gasteiger charge is -2.01. The maximum atomic E-state index is 12.4. The molecular formula is C20H16BrN3OS. The molecule has 2 aromatic carbocycles. The fourth-order valence-corrected chi connectivity index (χ4v) is 3.99. The third-order valence-corrected chi connectivity index (χ3v) is 5.56. The van der Waals surface area contributed by atoms with Crippen LogP contribution in [0.25, 0.3) is 10.9 Å². The van der Waals surface area contributed by atoms with Crippen molar-refractivity contribution in [2.45, 2.75) is 12.8 Å². The summed E-state index contributed by atoms with van der Waals surface area (Å²) in [5, 5.41) is 4.63. The molecule has 130 valence electrons. The molecule has 6 heteroatoms. The molecule has 4 rings (SSSR count). The van der Waals surface area contributed by atoms with Crippen LogP contribution in [0.2, 0.25) is 0 Å². The summed E-state index contributed by atoms with van der Waals surface area (Å²) >= 11 is 4.96. The number of thiazole rings is 1. The van der Waals surface area contributed by atoms with Crippen LogP contribution in [-0.2, 0) is 17.6 Å². The van der Waals surface area contributed by atoms with E-state index in [9.17, 15) is 4.79 Å². The van der Waals surface area contributed by atoms with Crippen LogP contribution in [0.1, 0.15) is 16.0 Å². The molecule has 0 spiro atoms. The van der Waals surface area contributed by atoms with Crippen LogP contribution >= 0.6 is 27.3 Å². The number of rotatable bonds is 5. The van der Waals surface area contributed by atoms with Crippen LogP contribution in [0.4, 0.5) is 5.13 Å². The lowest BCUT2D eigenvalue weighted by Crippen LogP contribution is -2.13. The van der Waals surface area contributed by atoms with Gasteiger partial charge in [-0.1, -0.05) is 46.3 Å². The summed E-state index contributed by atoms with van der Waals surface area (Å²) in [7, 11) is 0. The Hall–Kier alpha value is -2.44. The van der Waals surface area contributed by atoms with Crippen molar-refractivity contribution in [2.24, 2.45) is 0 Å². The summed E-state index contributed by atoms with van der Waals surface area (Å²) in [5.41, 5.74) is 3.25. The number of para-hydroxylation sites is 1. The maximum Gasteiger partial charge on any atom is 0.230 e. The summed E-state index contributed by atoms with van der Waals surface area (Å²) in [6.45, 7) is 0. The molecule has 2 heterocycles. The minimum absolute atomic E-state index is 0.0562. The zero-order valence-corrected chi connectivity index (χ0v) is 16.2. The van der Waals surface area contributed by atoms with Crippen molar-refractivity contribution in [1.82, 2.24) is 9.97 Å². The van der Waals surface area contributed by atoms with Crippen molar-refractivity contribution in [3.63, 3.8) is 0 Å². The van der Waals surface area contributed by atoms with Gasteiger partial charge in [0.2, 0.25) is 5.91 Å². The SMILES string of the molecule is O=C(Cc1c[nH]c2ccccc12)Nc1ncc(Cc2ccc(Br)cc2)s1. The predicted octanol–water partition coefficient (Wildman–Crippen LogP) is 5.16. The fraction of sp³-hybridized carbons (Fsp3) is 0.100. The van der Waals surface area contributed by atoms with E-state index in [1.54, 1.807) is 0 Å². The Balaban J connectivity index is 1.40. The molecule has 0 fully saturated rings. The molecule has 2 N–H and O–H groups in total. The van der Waals surface area contributed by atoms with E-state index in [1.165, 1.54) is 16.9 Å². The Bertz CT molecular complexity index is 1050. The quantitative estimate of drug-likeness (QED) is 0.463. The van der Waals surface area contributed by atoms with Crippen molar-refractivity contribution in [3.05, 3.63) is 81.4 Å². The number of aromatic nitrogens is 2. The van der Waals surface area contributed by atoms with Crippen LogP contribution in [0.5, 0.6) is 0 Å². The largest absolute Gasteiger partial charge is 0.361 e. The summed E-state index contributed by atoms with van der Waals surface area (Å²) in [6.07, 6.45) is 4.86. The zero-order valence-electron chi connectivity index (χ0n) is 13.8. The summed E-state index contributed by atoms with van der Waals surface area (Å²) in [4.78, 5) is 21.0. The molecule has 0 saturated heterocycles. The number of amides is 1. The molecule has 26 heavy (non-hydrogen) atoms. The first-order valence-electron chi connectivity index (χ1n) is 8.21. The highest BCUT2D eigenvalue weighted by molar-refractivity contribution is 9.10. The van der Waals surface area contributed by atoms with Gasteiger partial charge in [-0.15, -0.1) is 11.3 Å². The lowest BCUT2D eigenvalue weighted by molar-refractivity contribution is -0.115. The third kappa shape index (κ3) is 3.86. The Morgan fingerprint density at radius 1 is 1.15 bits per heavy atom. The lowest BCUT2D eigenvalue weighted by atomic mass is 10.1. The second-order valence-electron chi connectivity index (χ2n) is 6.02. The van der Waals surface area contributed by atoms with Crippen molar-refractivity contribution in [3.8, 4) is 0 Å². The van der Waals surface area contributed by atoms with E-state index in [0.717, 1.165) is 32.2 Å². The highest BCUT2D eigenvalue weighted by Gasteiger charge is 2.11. The first kappa shape index (κ1) is 17.0. The van der Waals surface area contributed by atoms with Gasteiger partial charge in [0.05, 0.1) is 6.42 Å². The average Bonchev–Trinajstić information content (AvgIpc) is 3.24. The number of hydrogen-bond acceptors (Lipinski definition) is 3. The molecule has 0 radical (unpaired) electrons. The number of carbonyl (C=O) groups is 1. The number of benzene rings is 2. The molecule has 0 saturated carbocycles. The first-order chi connectivity index (χ1) is 12.7. The molecule has 0 unspecified atom stereocenters. The van der Waals surface area contributed by atoms with E-state index in [0.29, 0.717) is 11.6 Å². The number of aromatic amines is 1. The molecule has 0 bridgehead atoms. The summed E-state index contributed by atoms with van der Waals surface area (Å²) < 4.78 is 1.07. The number of nitrogens with zero attached hydrogens (tertiary/aromatic N) is 1. The number of nitrogens with one attached hydrogen (secondary N) is 2. The molecule has 2 aromatic heterocycles. The first-order valence-corrected chi connectivity index (χ1v) is 9.82. The van der Waals surface area contributed by atoms with Crippen LogP contribution in [0, 0.1) is 0 Å². The fourth-order valence-electron chi connectivity index (χ4n) is 2.86. The Morgan fingerprint density at radius 2 is 1.96 bits per heavy atom. The van der Waals surface area contributed by atoms with Gasteiger partial charge in [0.1, 0.15) is 0 Å². The van der Waals surface area contributed by atoms with Crippen molar-refractivity contribution in [1.29, 1.82) is 0 Å². The van der Waals surface area contributed by atoms with Gasteiger partial charge in [0.25, 0.3) is 0 Å². The minimum Gasteiger partial charge on any atom is -0.361 e. The Kier molecular flexibility index (Phi) is 4.86. The van der Waals surface area contributed by atoms with E-state index < -0.39 is 0 Å². The topological polar surface area (TPSA) is 57.8 Å². The van der Waals surface area contributed by atoms with Gasteiger partial charge in [-0.05, 0) is 29.3 Å². The minimum atomic E-state index is -0.0562. The van der Waals surface area contributed by atoms with Gasteiger partial charge in [0.15, 0.2) is 5.13 Å². The van der Waals surface area contributed by atoms with Crippen molar-refractivity contribution >= 4 is 49.2 Å². The van der Waals surface area contributed by atoms with Crippen molar-refractivity contribution in [2.75, 3.05) is 5.32 Å². The highest BCUT2D eigenvalue weighted by Crippen LogP contribution is 2.23. The molecule has 4 nitrogen and oxygen atoms in total. The molecule has 0 aliphatic heterocycles. The standard InChI is InChI=1S/C20H16BrN3OS/c21-15-7-5-13(6-8-15)9-16-12-23-20(26-16)24-19(25)10-14-11-22-18-4-2-1-3-17(14)18/h1-8,11-12,22H,9-10H2,(H,23,24,25). The Labute approximate surface area is 163 Å². The molecule has 1 amide bonds. The van der Waals surface area contributed by atoms with E-state index in [-0.39, 0.29) is 5.91 Å². The van der Waals surface area contributed by atoms with Crippen LogP contribution in [0.3, 0.4) is 0 Å². The number of anilines is 1. The van der Waals surface area contributed by atoms with Gasteiger partial charge in [-0.2, -0.15) is 0 Å². The average molecular weight is 426 g/mol. The normalized spacial score (nSPS) is 11.0. The van der Waals surface area contributed by atoms with Gasteiger partial charge >= 0.3 is 0 Å². The summed E-state index contributed by atoms with van der Waals surface area (Å²) in [6, 6.07) is 16.2. The number of halogens is 1. The second kappa shape index (κ2) is 7.43. The van der Waals surface area contributed by atoms with E-state index in [4.69, 9.17) is 0 Å². The number of carbonyl (C=O) groups excluding carboxylic acids is 1. The van der Waals surface area contributed by atoms with Gasteiger partial charge in [-0.25, -0.2) is 4.98 Å². The molecule has 0 aliphatic rings. The van der Waals surface area contributed by atoms with Crippen molar-refractivity contribution < 1.29 is 4.79 Å². The van der Waals surface area contributed by atoms with Crippen LogP contribution in [0.15, 0.2) is 65.4 Å². The number of fused-ring (bicyclic) bond motifs is 1. The highest BCUT2D eigenvalue weighted by atomic mass is 79.9. The molecule has 0 aliphatic carbocycles. The van der Waals surface area contributed by atoms with E-state index >= 15 is 0 Å². The second-order valence-corrected chi connectivity index (χ2v) is 8.05. The predicted molar refractivity (Wildman–Crippen MR) is 110 cm³/mol. The monoisotopic (exact) mass is 425 g/mol. The third-order valence-electron chi connectivity index (χ3n) is 4.12. The van der Waals surface area contributed by atoms with Gasteiger partial charge in [0, 0.05) is 39.1 Å². The van der Waals surface area contributed by atoms with Crippen LogP contribution in [-0.4, -0.2) is 15.9 Å². The smallest absolute Gasteiger partial charge is 0.230 e. The molecule has 0 atom stereocenters. The molecule has 4 aromatic rings. The van der Waals surface area contributed by atoms with Gasteiger partial charge in [-0.3, -0.25) is 4.79 Å². The summed E-state index contributed by atoms with van der Waals surface area (Å²) in [5.74, 6) is -0.0562. The van der Waals surface area contributed by atoms with E-state index in [1.807, 2.05) is 48.8 Å². The van der Waals surface area contributed by atoms with Gasteiger partial charge < -0.3 is 10.3 Å². The number of H-pyrrole nitrogens is 1. The Morgan fingerprint density at radius 3 is 2.81 bits per heavy atom.